The van der Waals surface area contributed by atoms with Gasteiger partial charge >= 0.3 is 0 Å². The van der Waals surface area contributed by atoms with E-state index in [0.29, 0.717) is 5.56 Å². The van der Waals surface area contributed by atoms with Gasteiger partial charge in [0.25, 0.3) is 5.91 Å². The van der Waals surface area contributed by atoms with Gasteiger partial charge < -0.3 is 14.6 Å². The van der Waals surface area contributed by atoms with E-state index in [4.69, 9.17) is 9.72 Å². The third kappa shape index (κ3) is 4.27. The highest BCUT2D eigenvalue weighted by Gasteiger charge is 2.18. The summed E-state index contributed by atoms with van der Waals surface area (Å²) in [5.41, 5.74) is 3.31. The van der Waals surface area contributed by atoms with Crippen LogP contribution in [-0.2, 0) is 13.6 Å². The van der Waals surface area contributed by atoms with Crippen molar-refractivity contribution in [3.63, 3.8) is 0 Å². The number of hydrogen-bond acceptors (Lipinski definition) is 4. The first-order chi connectivity index (χ1) is 14.0. The number of aromatic nitrogens is 2. The molecule has 2 heterocycles. The molecule has 6 nitrogen and oxygen atoms in total. The topological polar surface area (TPSA) is 59.4 Å². The molecule has 1 N–H and O–H groups in total. The number of nitrogens with zero attached hydrogens (tertiary/aromatic N) is 3. The summed E-state index contributed by atoms with van der Waals surface area (Å²) in [5, 5.41) is 2.96. The molecule has 3 aromatic rings. The quantitative estimate of drug-likeness (QED) is 0.711. The number of piperidine rings is 1. The van der Waals surface area contributed by atoms with Crippen LogP contribution >= 0.6 is 0 Å². The molecule has 0 bridgehead atoms. The Hall–Kier alpha value is -2.86. The SMILES string of the molecule is COc1ccc(C(=O)Nc2ccc3c(c2)nc(CN2CCC(C)CC2)n3C)cc1. The number of nitrogens with one attached hydrogen (secondary N) is 1. The Kier molecular flexibility index (Phi) is 5.53. The lowest BCUT2D eigenvalue weighted by Gasteiger charge is -2.29. The van der Waals surface area contributed by atoms with Gasteiger partial charge in [0.1, 0.15) is 11.6 Å². The number of fused-ring (bicyclic) bond motifs is 1. The van der Waals surface area contributed by atoms with Crippen molar-refractivity contribution in [3.05, 3.63) is 53.9 Å². The Labute approximate surface area is 171 Å². The van der Waals surface area contributed by atoms with Crippen LogP contribution in [0.15, 0.2) is 42.5 Å². The molecule has 1 amide bonds. The molecular formula is C23H28N4O2. The highest BCUT2D eigenvalue weighted by molar-refractivity contribution is 6.05. The average molecular weight is 393 g/mol. The second kappa shape index (κ2) is 8.25. The van der Waals surface area contributed by atoms with Crippen LogP contribution in [0.25, 0.3) is 11.0 Å². The number of hydrogen-bond donors (Lipinski definition) is 1. The van der Waals surface area contributed by atoms with Crippen LogP contribution in [-0.4, -0.2) is 40.6 Å². The van der Waals surface area contributed by atoms with Crippen molar-refractivity contribution in [2.75, 3.05) is 25.5 Å². The maximum Gasteiger partial charge on any atom is 0.255 e. The molecule has 1 saturated heterocycles. The summed E-state index contributed by atoms with van der Waals surface area (Å²) in [6.45, 7) is 5.46. The summed E-state index contributed by atoms with van der Waals surface area (Å²) >= 11 is 0. The lowest BCUT2D eigenvalue weighted by atomic mass is 9.99. The number of carbonyl (C=O) groups is 1. The number of rotatable bonds is 5. The molecule has 0 aliphatic carbocycles. The third-order valence-corrected chi connectivity index (χ3v) is 5.82. The maximum atomic E-state index is 12.5. The Morgan fingerprint density at radius 2 is 1.90 bits per heavy atom. The number of carbonyl (C=O) groups excluding carboxylic acids is 1. The van der Waals surface area contributed by atoms with Gasteiger partial charge in [0.2, 0.25) is 0 Å². The summed E-state index contributed by atoms with van der Waals surface area (Å²) in [4.78, 5) is 19.8. The van der Waals surface area contributed by atoms with Gasteiger partial charge in [0.15, 0.2) is 0 Å². The number of methoxy groups -OCH3 is 1. The van der Waals surface area contributed by atoms with Gasteiger partial charge in [-0.1, -0.05) is 6.92 Å². The number of benzene rings is 2. The van der Waals surface area contributed by atoms with Crippen LogP contribution in [0.5, 0.6) is 5.75 Å². The fourth-order valence-corrected chi connectivity index (χ4v) is 3.83. The Bertz CT molecular complexity index is 1000. The first-order valence-electron chi connectivity index (χ1n) is 10.2. The van der Waals surface area contributed by atoms with Crippen LogP contribution in [0, 0.1) is 5.92 Å². The first-order valence-corrected chi connectivity index (χ1v) is 10.2. The Morgan fingerprint density at radius 3 is 2.59 bits per heavy atom. The highest BCUT2D eigenvalue weighted by Crippen LogP contribution is 2.23. The fourth-order valence-electron chi connectivity index (χ4n) is 3.83. The standard InChI is InChI=1S/C23H28N4O2/c1-16-10-12-27(13-11-16)15-22-25-20-14-18(6-9-21(20)26(22)2)24-23(28)17-4-7-19(29-3)8-5-17/h4-9,14,16H,10-13,15H2,1-3H3,(H,24,28). The van der Waals surface area contributed by atoms with Crippen molar-refractivity contribution in [3.8, 4) is 5.75 Å². The molecule has 1 aliphatic heterocycles. The molecule has 1 fully saturated rings. The number of amides is 1. The normalized spacial score (nSPS) is 15.6. The van der Waals surface area contributed by atoms with Gasteiger partial charge in [0, 0.05) is 18.3 Å². The van der Waals surface area contributed by atoms with E-state index in [2.05, 4.69) is 28.8 Å². The molecule has 1 aromatic heterocycles. The molecule has 152 valence electrons. The van der Waals surface area contributed by atoms with E-state index in [1.807, 2.05) is 18.2 Å². The number of ether oxygens (including phenoxy) is 1. The largest absolute Gasteiger partial charge is 0.497 e. The van der Waals surface area contributed by atoms with Gasteiger partial charge in [-0.15, -0.1) is 0 Å². The summed E-state index contributed by atoms with van der Waals surface area (Å²) < 4.78 is 7.30. The van der Waals surface area contributed by atoms with Crippen molar-refractivity contribution in [2.45, 2.75) is 26.3 Å². The molecule has 29 heavy (non-hydrogen) atoms. The van der Waals surface area contributed by atoms with Gasteiger partial charge in [-0.2, -0.15) is 0 Å². The zero-order valence-corrected chi connectivity index (χ0v) is 17.3. The van der Waals surface area contributed by atoms with Crippen molar-refractivity contribution in [1.29, 1.82) is 0 Å². The molecule has 6 heteroatoms. The van der Waals surface area contributed by atoms with Crippen molar-refractivity contribution < 1.29 is 9.53 Å². The zero-order valence-electron chi connectivity index (χ0n) is 17.3. The highest BCUT2D eigenvalue weighted by atomic mass is 16.5. The lowest BCUT2D eigenvalue weighted by molar-refractivity contribution is 0.102. The summed E-state index contributed by atoms with van der Waals surface area (Å²) in [6, 6.07) is 13.0. The predicted molar refractivity (Wildman–Crippen MR) is 115 cm³/mol. The van der Waals surface area contributed by atoms with Crippen LogP contribution in [0.4, 0.5) is 5.69 Å². The van der Waals surface area contributed by atoms with E-state index in [-0.39, 0.29) is 5.91 Å². The second-order valence-electron chi connectivity index (χ2n) is 7.93. The van der Waals surface area contributed by atoms with Crippen molar-refractivity contribution >= 4 is 22.6 Å². The van der Waals surface area contributed by atoms with Gasteiger partial charge in [-0.25, -0.2) is 4.98 Å². The molecule has 0 unspecified atom stereocenters. The second-order valence-corrected chi connectivity index (χ2v) is 7.93. The molecule has 0 atom stereocenters. The average Bonchev–Trinajstić information content (AvgIpc) is 3.04. The zero-order chi connectivity index (χ0) is 20.4. The summed E-state index contributed by atoms with van der Waals surface area (Å²) in [7, 11) is 3.67. The van der Waals surface area contributed by atoms with Crippen molar-refractivity contribution in [1.82, 2.24) is 14.5 Å². The number of likely N-dealkylation sites (tertiary alicyclic amines) is 1. The van der Waals surface area contributed by atoms with Crippen LogP contribution in [0.3, 0.4) is 0 Å². The minimum Gasteiger partial charge on any atom is -0.497 e. The molecule has 0 radical (unpaired) electrons. The minimum absolute atomic E-state index is 0.148. The van der Waals surface area contributed by atoms with E-state index in [9.17, 15) is 4.79 Å². The summed E-state index contributed by atoms with van der Waals surface area (Å²) in [6.07, 6.45) is 2.51. The Morgan fingerprint density at radius 1 is 1.17 bits per heavy atom. The van der Waals surface area contributed by atoms with Crippen molar-refractivity contribution in [2.24, 2.45) is 13.0 Å². The maximum absolute atomic E-state index is 12.5. The Balaban J connectivity index is 1.49. The van der Waals surface area contributed by atoms with E-state index < -0.39 is 0 Å². The van der Waals surface area contributed by atoms with Crippen LogP contribution in [0.2, 0.25) is 0 Å². The summed E-state index contributed by atoms with van der Waals surface area (Å²) in [5.74, 6) is 2.47. The predicted octanol–water partition coefficient (Wildman–Crippen LogP) is 4.07. The monoisotopic (exact) mass is 392 g/mol. The lowest BCUT2D eigenvalue weighted by Crippen LogP contribution is -2.33. The van der Waals surface area contributed by atoms with Crippen LogP contribution < -0.4 is 10.1 Å². The number of aryl methyl sites for hydroxylation is 1. The van der Waals surface area contributed by atoms with E-state index in [1.54, 1.807) is 31.4 Å². The van der Waals surface area contributed by atoms with E-state index in [1.165, 1.54) is 12.8 Å². The molecule has 1 aliphatic rings. The molecule has 2 aromatic carbocycles. The number of imidazole rings is 1. The smallest absolute Gasteiger partial charge is 0.255 e. The van der Waals surface area contributed by atoms with Gasteiger partial charge in [0.05, 0.1) is 24.7 Å². The minimum atomic E-state index is -0.148. The van der Waals surface area contributed by atoms with Gasteiger partial charge in [-0.05, 0) is 74.3 Å². The molecule has 0 spiro atoms. The molecule has 0 saturated carbocycles. The fraction of sp³-hybridized carbons (Fsp3) is 0.391. The first kappa shape index (κ1) is 19.5. The third-order valence-electron chi connectivity index (χ3n) is 5.82. The van der Waals surface area contributed by atoms with E-state index in [0.717, 1.165) is 53.8 Å². The van der Waals surface area contributed by atoms with Crippen LogP contribution in [0.1, 0.15) is 35.9 Å². The van der Waals surface area contributed by atoms with E-state index >= 15 is 0 Å². The molecular weight excluding hydrogens is 364 g/mol. The van der Waals surface area contributed by atoms with Gasteiger partial charge in [-0.3, -0.25) is 9.69 Å². The molecule has 4 rings (SSSR count). The number of anilines is 1.